The van der Waals surface area contributed by atoms with Gasteiger partial charge in [0.1, 0.15) is 11.4 Å². The molecule has 0 saturated heterocycles. The molecule has 7 heteroatoms. The van der Waals surface area contributed by atoms with Gasteiger partial charge in [-0.15, -0.1) is 0 Å². The number of hydrogen-bond acceptors (Lipinski definition) is 6. The van der Waals surface area contributed by atoms with Crippen molar-refractivity contribution >= 4 is 11.9 Å². The molecule has 2 heterocycles. The highest BCUT2D eigenvalue weighted by molar-refractivity contribution is 6.08. The third kappa shape index (κ3) is 3.55. The van der Waals surface area contributed by atoms with E-state index in [1.165, 1.54) is 19.4 Å². The van der Waals surface area contributed by atoms with Crippen LogP contribution in [0.4, 0.5) is 4.79 Å². The summed E-state index contributed by atoms with van der Waals surface area (Å²) in [5.41, 5.74) is 1.22. The van der Waals surface area contributed by atoms with E-state index in [0.717, 1.165) is 4.68 Å². The molecule has 3 aromatic rings. The van der Waals surface area contributed by atoms with Gasteiger partial charge in [-0.2, -0.15) is 9.78 Å². The lowest BCUT2D eigenvalue weighted by Crippen LogP contribution is -2.20. The van der Waals surface area contributed by atoms with E-state index >= 15 is 0 Å². The molecule has 7 nitrogen and oxygen atoms in total. The van der Waals surface area contributed by atoms with Crippen molar-refractivity contribution < 1.29 is 19.1 Å². The van der Waals surface area contributed by atoms with Gasteiger partial charge in [-0.05, 0) is 31.2 Å². The Kier molecular flexibility index (Phi) is 4.56. The molecule has 0 N–H and O–H groups in total. The van der Waals surface area contributed by atoms with E-state index in [1.807, 2.05) is 0 Å². The van der Waals surface area contributed by atoms with Gasteiger partial charge in [0.05, 0.1) is 7.11 Å². The molecule has 0 fully saturated rings. The predicted octanol–water partition coefficient (Wildman–Crippen LogP) is 2.87. The lowest BCUT2D eigenvalue weighted by molar-refractivity contribution is 0.103. The van der Waals surface area contributed by atoms with E-state index < -0.39 is 6.09 Å². The number of ether oxygens (including phenoxy) is 2. The smallest absolute Gasteiger partial charge is 0.441 e. The van der Waals surface area contributed by atoms with Crippen molar-refractivity contribution in [3.8, 4) is 11.6 Å². The molecule has 0 aliphatic carbocycles. The molecule has 0 amide bonds. The number of aromatic nitrogens is 3. The Morgan fingerprint density at radius 2 is 1.88 bits per heavy atom. The van der Waals surface area contributed by atoms with Gasteiger partial charge in [-0.3, -0.25) is 4.79 Å². The fourth-order valence-corrected chi connectivity index (χ4v) is 2.20. The van der Waals surface area contributed by atoms with Gasteiger partial charge in [0.15, 0.2) is 0 Å². The molecule has 0 atom stereocenters. The summed E-state index contributed by atoms with van der Waals surface area (Å²) in [6.07, 6.45) is 0.799. The first kappa shape index (κ1) is 16.4. The zero-order chi connectivity index (χ0) is 17.8. The minimum Gasteiger partial charge on any atom is -0.497 e. The van der Waals surface area contributed by atoms with E-state index in [0.29, 0.717) is 17.0 Å². The fourth-order valence-electron chi connectivity index (χ4n) is 2.20. The first-order valence-corrected chi connectivity index (χ1v) is 7.47. The average Bonchev–Trinajstić information content (AvgIpc) is 3.07. The summed E-state index contributed by atoms with van der Waals surface area (Å²) in [6, 6.07) is 13.1. The molecule has 1 aromatic carbocycles. The minimum absolute atomic E-state index is 0.0219. The molecular weight excluding hydrogens is 322 g/mol. The van der Waals surface area contributed by atoms with Crippen molar-refractivity contribution in [2.24, 2.45) is 0 Å². The third-order valence-corrected chi connectivity index (χ3v) is 3.48. The largest absolute Gasteiger partial charge is 0.497 e. The molecule has 0 saturated carbocycles. The molecular formula is C18H15N3O4. The summed E-state index contributed by atoms with van der Waals surface area (Å²) in [6.45, 7) is 1.73. The van der Waals surface area contributed by atoms with Crippen molar-refractivity contribution in [1.29, 1.82) is 0 Å². The minimum atomic E-state index is -0.694. The molecule has 0 unspecified atom stereocenters. The number of carbonyl (C=O) groups is 2. The highest BCUT2D eigenvalue weighted by atomic mass is 16.6. The molecule has 3 rings (SSSR count). The third-order valence-electron chi connectivity index (χ3n) is 3.48. The predicted molar refractivity (Wildman–Crippen MR) is 89.0 cm³/mol. The molecule has 0 bridgehead atoms. The number of pyridine rings is 1. The highest BCUT2D eigenvalue weighted by Gasteiger charge is 2.15. The lowest BCUT2D eigenvalue weighted by Gasteiger charge is -2.07. The Balaban J connectivity index is 1.82. The van der Waals surface area contributed by atoms with Gasteiger partial charge < -0.3 is 9.47 Å². The van der Waals surface area contributed by atoms with Gasteiger partial charge in [0.2, 0.25) is 11.7 Å². The van der Waals surface area contributed by atoms with Gasteiger partial charge in [-0.25, -0.2) is 9.78 Å². The normalized spacial score (nSPS) is 10.3. The summed E-state index contributed by atoms with van der Waals surface area (Å²) in [7, 11) is 1.53. The maximum absolute atomic E-state index is 12.6. The van der Waals surface area contributed by atoms with Crippen LogP contribution >= 0.6 is 0 Å². The molecule has 126 valence electrons. The van der Waals surface area contributed by atoms with E-state index in [4.69, 9.17) is 9.47 Å². The standard InChI is InChI=1S/C18H15N3O4/c1-12-9-10-19-21(12)18(23)25-16-8-4-7-15(20-16)17(22)13-5-3-6-14(11-13)24-2/h3-11H,1-2H3. The van der Waals surface area contributed by atoms with Crippen LogP contribution in [0.1, 0.15) is 21.7 Å². The molecule has 0 spiro atoms. The van der Waals surface area contributed by atoms with Crippen LogP contribution in [0.25, 0.3) is 0 Å². The fraction of sp³-hybridized carbons (Fsp3) is 0.111. The molecule has 0 radical (unpaired) electrons. The molecule has 0 aliphatic heterocycles. The second-order valence-corrected chi connectivity index (χ2v) is 5.17. The van der Waals surface area contributed by atoms with Crippen molar-refractivity contribution in [3.05, 3.63) is 71.7 Å². The first-order valence-electron chi connectivity index (χ1n) is 7.47. The number of carbonyl (C=O) groups excluding carboxylic acids is 2. The van der Waals surface area contributed by atoms with Gasteiger partial charge in [0.25, 0.3) is 0 Å². The summed E-state index contributed by atoms with van der Waals surface area (Å²) in [4.78, 5) is 28.7. The Hall–Kier alpha value is -3.48. The number of ketones is 1. The molecule has 2 aromatic heterocycles. The number of rotatable bonds is 4. The zero-order valence-corrected chi connectivity index (χ0v) is 13.7. The number of benzene rings is 1. The molecule has 25 heavy (non-hydrogen) atoms. The van der Waals surface area contributed by atoms with Crippen molar-refractivity contribution in [3.63, 3.8) is 0 Å². The van der Waals surface area contributed by atoms with E-state index in [9.17, 15) is 9.59 Å². The van der Waals surface area contributed by atoms with Crippen LogP contribution in [-0.2, 0) is 0 Å². The number of aryl methyl sites for hydroxylation is 1. The van der Waals surface area contributed by atoms with Crippen molar-refractivity contribution in [1.82, 2.24) is 14.8 Å². The number of nitrogens with zero attached hydrogens (tertiary/aromatic N) is 3. The van der Waals surface area contributed by atoms with Gasteiger partial charge in [-0.1, -0.05) is 18.2 Å². The second-order valence-electron chi connectivity index (χ2n) is 5.17. The highest BCUT2D eigenvalue weighted by Crippen LogP contribution is 2.17. The van der Waals surface area contributed by atoms with Crippen LogP contribution < -0.4 is 9.47 Å². The SMILES string of the molecule is COc1cccc(C(=O)c2cccc(OC(=O)n3nccc3C)n2)c1. The summed E-state index contributed by atoms with van der Waals surface area (Å²) < 4.78 is 11.4. The van der Waals surface area contributed by atoms with Crippen LogP contribution in [0, 0.1) is 6.92 Å². The van der Waals surface area contributed by atoms with Gasteiger partial charge >= 0.3 is 6.09 Å². The van der Waals surface area contributed by atoms with Crippen molar-refractivity contribution in [2.45, 2.75) is 6.92 Å². The quantitative estimate of drug-likeness (QED) is 0.681. The topological polar surface area (TPSA) is 83.3 Å². The summed E-state index contributed by atoms with van der Waals surface area (Å²) in [5, 5.41) is 3.87. The Bertz CT molecular complexity index is 933. The van der Waals surface area contributed by atoms with Crippen LogP contribution in [-0.4, -0.2) is 33.8 Å². The van der Waals surface area contributed by atoms with Crippen LogP contribution in [0.3, 0.4) is 0 Å². The van der Waals surface area contributed by atoms with E-state index in [2.05, 4.69) is 10.1 Å². The van der Waals surface area contributed by atoms with Crippen molar-refractivity contribution in [2.75, 3.05) is 7.11 Å². The first-order chi connectivity index (χ1) is 12.1. The summed E-state index contributed by atoms with van der Waals surface area (Å²) in [5.74, 6) is 0.295. The number of hydrogen-bond donors (Lipinski definition) is 0. The van der Waals surface area contributed by atoms with E-state index in [-0.39, 0.29) is 17.4 Å². The monoisotopic (exact) mass is 337 g/mol. The number of methoxy groups -OCH3 is 1. The lowest BCUT2D eigenvalue weighted by atomic mass is 10.1. The molecule has 0 aliphatic rings. The Morgan fingerprint density at radius 3 is 2.60 bits per heavy atom. The summed E-state index contributed by atoms with van der Waals surface area (Å²) >= 11 is 0. The maximum Gasteiger partial charge on any atom is 0.441 e. The zero-order valence-electron chi connectivity index (χ0n) is 13.7. The van der Waals surface area contributed by atoms with Crippen LogP contribution in [0.2, 0.25) is 0 Å². The second kappa shape index (κ2) is 6.96. The van der Waals surface area contributed by atoms with Crippen LogP contribution in [0.15, 0.2) is 54.7 Å². The van der Waals surface area contributed by atoms with Crippen LogP contribution in [0.5, 0.6) is 11.6 Å². The van der Waals surface area contributed by atoms with E-state index in [1.54, 1.807) is 49.4 Å². The Labute approximate surface area is 143 Å². The Morgan fingerprint density at radius 1 is 1.08 bits per heavy atom. The van der Waals surface area contributed by atoms with Gasteiger partial charge in [0, 0.05) is 23.5 Å². The average molecular weight is 337 g/mol. The maximum atomic E-state index is 12.6.